The minimum Gasteiger partial charge on any atom is -0.493 e. The van der Waals surface area contributed by atoms with E-state index in [9.17, 15) is 9.59 Å². The Labute approximate surface area is 194 Å². The van der Waals surface area contributed by atoms with Crippen LogP contribution in [0.4, 0.5) is 0 Å². The second-order valence-corrected chi connectivity index (χ2v) is 8.32. The molecule has 7 nitrogen and oxygen atoms in total. The van der Waals surface area contributed by atoms with Crippen molar-refractivity contribution in [3.05, 3.63) is 90.6 Å². The Morgan fingerprint density at radius 1 is 1.09 bits per heavy atom. The van der Waals surface area contributed by atoms with E-state index in [0.717, 1.165) is 11.1 Å². The molecule has 170 valence electrons. The first kappa shape index (κ1) is 22.5. The maximum Gasteiger partial charge on any atom is 0.338 e. The standard InChI is InChI=1S/C25H24N2O5S/c1-5-17-21(24(29)32-4)22(16-9-7-6-8-10-16)27-23(28)20(33-25(27)26-17)14-15-11-12-18(30-2)19(13-15)31-3/h6-14,22H,5H2,1-4H3/b20-14-/t22-/m1/s1. The summed E-state index contributed by atoms with van der Waals surface area (Å²) in [6.07, 6.45) is 2.33. The van der Waals surface area contributed by atoms with E-state index in [0.29, 0.717) is 38.5 Å². The molecule has 1 aromatic heterocycles. The summed E-state index contributed by atoms with van der Waals surface area (Å²) in [6, 6.07) is 14.3. The van der Waals surface area contributed by atoms with Crippen LogP contribution in [-0.2, 0) is 9.53 Å². The number of methoxy groups -OCH3 is 3. The first-order valence-electron chi connectivity index (χ1n) is 10.4. The molecular weight excluding hydrogens is 440 g/mol. The van der Waals surface area contributed by atoms with E-state index in [1.807, 2.05) is 49.4 Å². The fraction of sp³-hybridized carbons (Fsp3) is 0.240. The average Bonchev–Trinajstić information content (AvgIpc) is 3.17. The molecule has 4 rings (SSSR count). The molecule has 0 unspecified atom stereocenters. The van der Waals surface area contributed by atoms with Gasteiger partial charge in [-0.1, -0.05) is 54.7 Å². The molecule has 2 heterocycles. The van der Waals surface area contributed by atoms with Crippen LogP contribution in [0.25, 0.3) is 6.08 Å². The van der Waals surface area contributed by atoms with Gasteiger partial charge >= 0.3 is 5.97 Å². The van der Waals surface area contributed by atoms with E-state index >= 15 is 0 Å². The van der Waals surface area contributed by atoms with Gasteiger partial charge in [-0.3, -0.25) is 9.36 Å². The number of hydrogen-bond acceptors (Lipinski definition) is 7. The van der Waals surface area contributed by atoms with Crippen molar-refractivity contribution in [3.63, 3.8) is 0 Å². The molecule has 1 aliphatic heterocycles. The lowest BCUT2D eigenvalue weighted by atomic mass is 9.95. The van der Waals surface area contributed by atoms with Gasteiger partial charge in [0.2, 0.25) is 0 Å². The summed E-state index contributed by atoms with van der Waals surface area (Å²) >= 11 is 1.29. The van der Waals surface area contributed by atoms with Gasteiger partial charge in [0.15, 0.2) is 16.3 Å². The monoisotopic (exact) mass is 464 g/mol. The number of esters is 1. The molecule has 0 aliphatic carbocycles. The third-order valence-electron chi connectivity index (χ3n) is 5.47. The quantitative estimate of drug-likeness (QED) is 0.524. The Morgan fingerprint density at radius 2 is 1.82 bits per heavy atom. The predicted molar refractivity (Wildman–Crippen MR) is 126 cm³/mol. The van der Waals surface area contributed by atoms with Gasteiger partial charge in [-0.15, -0.1) is 0 Å². The number of benzene rings is 2. The van der Waals surface area contributed by atoms with Crippen LogP contribution in [0.2, 0.25) is 0 Å². The molecule has 8 heteroatoms. The minimum atomic E-state index is -0.614. The number of allylic oxidation sites excluding steroid dienone is 1. The zero-order valence-corrected chi connectivity index (χ0v) is 19.6. The van der Waals surface area contributed by atoms with E-state index in [1.54, 1.807) is 30.9 Å². The van der Waals surface area contributed by atoms with Crippen molar-refractivity contribution in [2.24, 2.45) is 4.99 Å². The van der Waals surface area contributed by atoms with Crippen molar-refractivity contribution < 1.29 is 19.0 Å². The number of hydrogen-bond donors (Lipinski definition) is 0. The molecule has 0 saturated heterocycles. The number of fused-ring (bicyclic) bond motifs is 1. The molecule has 0 fully saturated rings. The fourth-order valence-corrected chi connectivity index (χ4v) is 4.93. The summed E-state index contributed by atoms with van der Waals surface area (Å²) in [5.41, 5.74) is 2.39. The van der Waals surface area contributed by atoms with Crippen LogP contribution in [0, 0.1) is 0 Å². The zero-order chi connectivity index (χ0) is 23.5. The zero-order valence-electron chi connectivity index (χ0n) is 18.8. The molecule has 33 heavy (non-hydrogen) atoms. The lowest BCUT2D eigenvalue weighted by molar-refractivity contribution is -0.136. The second-order valence-electron chi connectivity index (χ2n) is 7.31. The first-order valence-corrected chi connectivity index (χ1v) is 11.2. The van der Waals surface area contributed by atoms with Crippen molar-refractivity contribution >= 4 is 23.4 Å². The van der Waals surface area contributed by atoms with E-state index in [1.165, 1.54) is 18.4 Å². The van der Waals surface area contributed by atoms with E-state index in [4.69, 9.17) is 14.2 Å². The first-order chi connectivity index (χ1) is 16.0. The van der Waals surface area contributed by atoms with Gasteiger partial charge in [0.05, 0.1) is 43.2 Å². The van der Waals surface area contributed by atoms with Crippen molar-refractivity contribution in [3.8, 4) is 11.5 Å². The Bertz CT molecular complexity index is 1400. The number of carbonyl (C=O) groups is 1. The summed E-state index contributed by atoms with van der Waals surface area (Å²) in [5, 5.41) is 0. The van der Waals surface area contributed by atoms with Gasteiger partial charge in [0.25, 0.3) is 5.56 Å². The third kappa shape index (κ3) is 4.09. The van der Waals surface area contributed by atoms with Crippen LogP contribution in [0.1, 0.15) is 30.5 Å². The number of carbonyl (C=O) groups excluding carboxylic acids is 1. The van der Waals surface area contributed by atoms with Gasteiger partial charge < -0.3 is 14.2 Å². The molecular formula is C25H24N2O5S. The number of nitrogens with zero attached hydrogens (tertiary/aromatic N) is 2. The summed E-state index contributed by atoms with van der Waals surface area (Å²) in [6.45, 7) is 1.93. The van der Waals surface area contributed by atoms with Gasteiger partial charge in [-0.2, -0.15) is 0 Å². The largest absolute Gasteiger partial charge is 0.493 e. The molecule has 0 N–H and O–H groups in total. The number of ether oxygens (including phenoxy) is 3. The molecule has 3 aromatic rings. The summed E-state index contributed by atoms with van der Waals surface area (Å²) in [4.78, 5) is 31.6. The highest BCUT2D eigenvalue weighted by Crippen LogP contribution is 2.32. The lowest BCUT2D eigenvalue weighted by Gasteiger charge is -2.25. The predicted octanol–water partition coefficient (Wildman–Crippen LogP) is 2.82. The van der Waals surface area contributed by atoms with Gasteiger partial charge in [0, 0.05) is 0 Å². The molecule has 0 saturated carbocycles. The van der Waals surface area contributed by atoms with Crippen LogP contribution >= 0.6 is 11.3 Å². The topological polar surface area (TPSA) is 79.1 Å². The van der Waals surface area contributed by atoms with Crippen molar-refractivity contribution in [1.82, 2.24) is 4.57 Å². The Hall–Kier alpha value is -3.65. The Balaban J connectivity index is 1.96. The van der Waals surface area contributed by atoms with Crippen LogP contribution in [-0.4, -0.2) is 31.9 Å². The molecule has 2 aromatic carbocycles. The number of aromatic nitrogens is 1. The smallest absolute Gasteiger partial charge is 0.338 e. The Morgan fingerprint density at radius 3 is 2.45 bits per heavy atom. The van der Waals surface area contributed by atoms with Gasteiger partial charge in [-0.05, 0) is 35.8 Å². The summed E-state index contributed by atoms with van der Waals surface area (Å²) < 4.78 is 17.8. The van der Waals surface area contributed by atoms with Gasteiger partial charge in [-0.25, -0.2) is 9.79 Å². The van der Waals surface area contributed by atoms with E-state index < -0.39 is 12.0 Å². The SMILES string of the molecule is CCC1=C(C(=O)OC)[C@@H](c2ccccc2)n2c(s/c(=C\c3ccc(OC)c(OC)c3)c2=O)=N1. The van der Waals surface area contributed by atoms with E-state index in [2.05, 4.69) is 4.99 Å². The van der Waals surface area contributed by atoms with Crippen LogP contribution in [0.3, 0.4) is 0 Å². The number of rotatable bonds is 6. The average molecular weight is 465 g/mol. The second kappa shape index (κ2) is 9.46. The van der Waals surface area contributed by atoms with Crippen molar-refractivity contribution in [2.75, 3.05) is 21.3 Å². The highest BCUT2D eigenvalue weighted by atomic mass is 32.1. The maximum atomic E-state index is 13.6. The molecule has 1 aliphatic rings. The highest BCUT2D eigenvalue weighted by molar-refractivity contribution is 7.07. The third-order valence-corrected chi connectivity index (χ3v) is 6.45. The maximum absolute atomic E-state index is 13.6. The molecule has 0 bridgehead atoms. The normalized spacial score (nSPS) is 15.6. The minimum absolute atomic E-state index is 0.223. The van der Waals surface area contributed by atoms with Crippen LogP contribution < -0.4 is 24.4 Å². The van der Waals surface area contributed by atoms with Gasteiger partial charge in [0.1, 0.15) is 0 Å². The van der Waals surface area contributed by atoms with Crippen molar-refractivity contribution in [1.29, 1.82) is 0 Å². The molecule has 1 atom stereocenters. The Kier molecular flexibility index (Phi) is 6.46. The fourth-order valence-electron chi connectivity index (χ4n) is 3.91. The number of thiazole rings is 1. The lowest BCUT2D eigenvalue weighted by Crippen LogP contribution is -2.40. The van der Waals surface area contributed by atoms with Crippen LogP contribution in [0.5, 0.6) is 11.5 Å². The highest BCUT2D eigenvalue weighted by Gasteiger charge is 2.33. The summed E-state index contributed by atoms with van der Waals surface area (Å²) in [7, 11) is 4.48. The van der Waals surface area contributed by atoms with Crippen molar-refractivity contribution in [2.45, 2.75) is 19.4 Å². The molecule has 0 amide bonds. The summed E-state index contributed by atoms with van der Waals surface area (Å²) in [5.74, 6) is 0.691. The van der Waals surface area contributed by atoms with E-state index in [-0.39, 0.29) is 5.56 Å². The van der Waals surface area contributed by atoms with Crippen LogP contribution in [0.15, 0.2) is 69.6 Å². The molecule has 0 spiro atoms. The molecule has 0 radical (unpaired) electrons.